The van der Waals surface area contributed by atoms with Gasteiger partial charge in [0.1, 0.15) is 38.9 Å². The molecule has 0 aliphatic carbocycles. The summed E-state index contributed by atoms with van der Waals surface area (Å²) < 4.78 is 23.8. The lowest BCUT2D eigenvalue weighted by Crippen LogP contribution is -2.58. The smallest absolute Gasteiger partial charge is 0.161 e. The van der Waals surface area contributed by atoms with Crippen molar-refractivity contribution in [1.82, 2.24) is 0 Å². The largest absolute Gasteiger partial charge is 0.486 e. The highest BCUT2D eigenvalue weighted by molar-refractivity contribution is 5.40. The van der Waals surface area contributed by atoms with Gasteiger partial charge in [-0.25, -0.2) is 0 Å². The van der Waals surface area contributed by atoms with Crippen LogP contribution >= 0.6 is 0 Å². The van der Waals surface area contributed by atoms with Crippen molar-refractivity contribution in [3.05, 3.63) is 60.2 Å². The average molecular weight is 400 g/mol. The number of rotatable bonds is 8. The summed E-state index contributed by atoms with van der Waals surface area (Å²) in [6, 6.07) is 18.1. The molecule has 0 radical (unpaired) electrons. The summed E-state index contributed by atoms with van der Waals surface area (Å²) in [5.41, 5.74) is 1.29. The van der Waals surface area contributed by atoms with Crippen molar-refractivity contribution in [2.24, 2.45) is 0 Å². The van der Waals surface area contributed by atoms with Gasteiger partial charge in [0.05, 0.1) is 26.4 Å². The molecule has 1 N–H and O–H groups in total. The molecule has 0 aromatic heterocycles. The van der Waals surface area contributed by atoms with Gasteiger partial charge in [0.2, 0.25) is 0 Å². The van der Waals surface area contributed by atoms with E-state index in [0.29, 0.717) is 19.8 Å². The van der Waals surface area contributed by atoms with Crippen LogP contribution in [-0.4, -0.2) is 74.5 Å². The van der Waals surface area contributed by atoms with Gasteiger partial charge in [-0.15, -0.1) is 0 Å². The maximum atomic E-state index is 10.7. The monoisotopic (exact) mass is 400 g/mol. The van der Waals surface area contributed by atoms with Crippen LogP contribution in [0.4, 0.5) is 0 Å². The second kappa shape index (κ2) is 9.59. The minimum atomic E-state index is -0.534. The quantitative estimate of drug-likeness (QED) is 0.689. The van der Waals surface area contributed by atoms with E-state index >= 15 is 0 Å². The van der Waals surface area contributed by atoms with Crippen molar-refractivity contribution in [2.75, 3.05) is 52.7 Å². The van der Waals surface area contributed by atoms with E-state index in [1.165, 1.54) is 5.56 Å². The number of fused-ring (bicyclic) bond motifs is 1. The SMILES string of the molecule is O[C@H](COC[C@@H]1COc2ccccc2O1)C[N+]1(Cc2ccccc2)CCOCC1. The number of aliphatic hydroxyl groups excluding tert-OH is 1. The van der Waals surface area contributed by atoms with Crippen LogP contribution in [0.3, 0.4) is 0 Å². The summed E-state index contributed by atoms with van der Waals surface area (Å²) in [7, 11) is 0. The lowest BCUT2D eigenvalue weighted by atomic mass is 10.1. The molecule has 0 spiro atoms. The molecule has 2 aromatic carbocycles. The number of quaternary nitrogens is 1. The van der Waals surface area contributed by atoms with Crippen LogP contribution in [-0.2, 0) is 16.0 Å². The molecule has 1 saturated heterocycles. The summed E-state index contributed by atoms with van der Waals surface area (Å²) in [4.78, 5) is 0. The van der Waals surface area contributed by atoms with E-state index in [1.807, 2.05) is 30.3 Å². The van der Waals surface area contributed by atoms with Crippen LogP contribution in [0.5, 0.6) is 11.5 Å². The van der Waals surface area contributed by atoms with Crippen molar-refractivity contribution < 1.29 is 28.5 Å². The topological polar surface area (TPSA) is 57.2 Å². The predicted octanol–water partition coefficient (Wildman–Crippen LogP) is 2.25. The van der Waals surface area contributed by atoms with Gasteiger partial charge in [-0.2, -0.15) is 0 Å². The Labute approximate surface area is 172 Å². The Morgan fingerprint density at radius 1 is 1.00 bits per heavy atom. The minimum Gasteiger partial charge on any atom is -0.486 e. The standard InChI is InChI=1S/C23H30NO5/c25-20(16-27-17-21-18-28-22-8-4-5-9-23(22)29-21)15-24(10-12-26-13-11-24)14-19-6-2-1-3-7-19/h1-9,20-21,25H,10-18H2/q+1/t20-,21+/m0/s1. The average Bonchev–Trinajstić information content (AvgIpc) is 2.75. The summed E-state index contributed by atoms with van der Waals surface area (Å²) in [6.07, 6.45) is -0.693. The molecule has 6 heteroatoms. The Hall–Kier alpha value is -2.12. The Morgan fingerprint density at radius 2 is 1.72 bits per heavy atom. The fraction of sp³-hybridized carbons (Fsp3) is 0.478. The summed E-state index contributed by atoms with van der Waals surface area (Å²) in [5.74, 6) is 1.51. The molecular formula is C23H30NO5+. The molecule has 156 valence electrons. The van der Waals surface area contributed by atoms with Crippen molar-refractivity contribution in [1.29, 1.82) is 0 Å². The number of benzene rings is 2. The van der Waals surface area contributed by atoms with E-state index in [-0.39, 0.29) is 12.7 Å². The minimum absolute atomic E-state index is 0.159. The number of morpholine rings is 1. The van der Waals surface area contributed by atoms with Gasteiger partial charge in [0.25, 0.3) is 0 Å². The van der Waals surface area contributed by atoms with E-state index in [0.717, 1.165) is 48.8 Å². The van der Waals surface area contributed by atoms with Gasteiger partial charge in [0, 0.05) is 5.56 Å². The van der Waals surface area contributed by atoms with Crippen molar-refractivity contribution in [3.8, 4) is 11.5 Å². The molecule has 2 heterocycles. The summed E-state index contributed by atoms with van der Waals surface area (Å²) in [6.45, 7) is 5.97. The van der Waals surface area contributed by atoms with Crippen LogP contribution in [0, 0.1) is 0 Å². The first kappa shape index (κ1) is 20.2. The van der Waals surface area contributed by atoms with Crippen LogP contribution in [0.2, 0.25) is 0 Å². The molecule has 0 saturated carbocycles. The van der Waals surface area contributed by atoms with Crippen LogP contribution in [0.1, 0.15) is 5.56 Å². The highest BCUT2D eigenvalue weighted by Crippen LogP contribution is 2.30. The van der Waals surface area contributed by atoms with Gasteiger partial charge in [-0.1, -0.05) is 42.5 Å². The number of ether oxygens (including phenoxy) is 4. The third kappa shape index (κ3) is 5.48. The molecule has 2 aliphatic heterocycles. The van der Waals surface area contributed by atoms with Gasteiger partial charge in [-0.3, -0.25) is 0 Å². The van der Waals surface area contributed by atoms with Crippen LogP contribution in [0.15, 0.2) is 54.6 Å². The zero-order chi connectivity index (χ0) is 19.9. The lowest BCUT2D eigenvalue weighted by molar-refractivity contribution is -0.950. The maximum absolute atomic E-state index is 10.7. The third-order valence-electron chi connectivity index (χ3n) is 5.56. The third-order valence-corrected chi connectivity index (χ3v) is 5.56. The van der Waals surface area contributed by atoms with E-state index in [4.69, 9.17) is 18.9 Å². The second-order valence-corrected chi connectivity index (χ2v) is 7.92. The first-order chi connectivity index (χ1) is 14.2. The van der Waals surface area contributed by atoms with E-state index < -0.39 is 6.10 Å². The maximum Gasteiger partial charge on any atom is 0.161 e. The molecule has 1 fully saturated rings. The molecule has 2 atom stereocenters. The molecule has 2 aromatic rings. The summed E-state index contributed by atoms with van der Waals surface area (Å²) >= 11 is 0. The molecular weight excluding hydrogens is 370 g/mol. The Bertz CT molecular complexity index is 763. The van der Waals surface area contributed by atoms with E-state index in [1.54, 1.807) is 0 Å². The molecule has 29 heavy (non-hydrogen) atoms. The summed E-state index contributed by atoms with van der Waals surface area (Å²) in [5, 5.41) is 10.7. The zero-order valence-corrected chi connectivity index (χ0v) is 16.7. The number of aliphatic hydroxyl groups is 1. The Morgan fingerprint density at radius 3 is 2.52 bits per heavy atom. The normalized spacial score (nSPS) is 21.5. The molecule has 2 aliphatic rings. The highest BCUT2D eigenvalue weighted by Gasteiger charge is 2.33. The van der Waals surface area contributed by atoms with Gasteiger partial charge >= 0.3 is 0 Å². The highest BCUT2D eigenvalue weighted by atomic mass is 16.6. The van der Waals surface area contributed by atoms with Gasteiger partial charge < -0.3 is 28.5 Å². The zero-order valence-electron chi connectivity index (χ0n) is 16.7. The van der Waals surface area contributed by atoms with Crippen molar-refractivity contribution in [2.45, 2.75) is 18.8 Å². The predicted molar refractivity (Wildman–Crippen MR) is 109 cm³/mol. The van der Waals surface area contributed by atoms with Crippen molar-refractivity contribution >= 4 is 0 Å². The Kier molecular flexibility index (Phi) is 6.67. The molecule has 0 unspecified atom stereocenters. The molecule has 0 amide bonds. The second-order valence-electron chi connectivity index (χ2n) is 7.92. The fourth-order valence-electron chi connectivity index (χ4n) is 4.09. The molecule has 4 rings (SSSR count). The fourth-order valence-corrected chi connectivity index (χ4v) is 4.09. The number of nitrogens with zero attached hydrogens (tertiary/aromatic N) is 1. The van der Waals surface area contributed by atoms with Gasteiger partial charge in [0.15, 0.2) is 17.6 Å². The molecule has 0 bridgehead atoms. The molecule has 6 nitrogen and oxygen atoms in total. The van der Waals surface area contributed by atoms with Gasteiger partial charge in [-0.05, 0) is 12.1 Å². The number of hydrogen-bond acceptors (Lipinski definition) is 5. The van der Waals surface area contributed by atoms with Crippen molar-refractivity contribution in [3.63, 3.8) is 0 Å². The number of para-hydroxylation sites is 2. The first-order valence-corrected chi connectivity index (χ1v) is 10.3. The Balaban J connectivity index is 1.27. The first-order valence-electron chi connectivity index (χ1n) is 10.3. The van der Waals surface area contributed by atoms with E-state index in [9.17, 15) is 5.11 Å². The van der Waals surface area contributed by atoms with E-state index in [2.05, 4.69) is 24.3 Å². The van der Waals surface area contributed by atoms with Crippen LogP contribution < -0.4 is 9.47 Å². The number of hydrogen-bond donors (Lipinski definition) is 1. The van der Waals surface area contributed by atoms with Crippen LogP contribution in [0.25, 0.3) is 0 Å². The lowest BCUT2D eigenvalue weighted by Gasteiger charge is -2.42.